The number of carbonyl (C=O) groups is 1. The predicted molar refractivity (Wildman–Crippen MR) is 67.0 cm³/mol. The lowest BCUT2D eigenvalue weighted by molar-refractivity contribution is 0.102. The molecule has 7 heteroatoms. The van der Waals surface area contributed by atoms with Crippen LogP contribution in [0.1, 0.15) is 10.5 Å². The van der Waals surface area contributed by atoms with Crippen molar-refractivity contribution in [2.45, 2.75) is 0 Å². The number of hydrogen-bond acceptors (Lipinski definition) is 6. The topological polar surface area (TPSA) is 99.4 Å². The number of amides is 1. The van der Waals surface area contributed by atoms with Crippen LogP contribution in [0.2, 0.25) is 0 Å². The van der Waals surface area contributed by atoms with E-state index in [0.29, 0.717) is 17.2 Å². The van der Waals surface area contributed by atoms with Crippen LogP contribution in [0.15, 0.2) is 30.6 Å². The average Bonchev–Trinajstić information content (AvgIpc) is 2.86. The van der Waals surface area contributed by atoms with Gasteiger partial charge in [0.15, 0.2) is 23.0 Å². The molecule has 0 atom stereocenters. The van der Waals surface area contributed by atoms with Gasteiger partial charge in [-0.1, -0.05) is 0 Å². The van der Waals surface area contributed by atoms with Gasteiger partial charge in [-0.2, -0.15) is 0 Å². The van der Waals surface area contributed by atoms with E-state index in [1.165, 1.54) is 12.4 Å². The summed E-state index contributed by atoms with van der Waals surface area (Å²) < 4.78 is 10.4. The number of hydrogen-bond donors (Lipinski definition) is 2. The normalized spacial score (nSPS) is 12.2. The summed E-state index contributed by atoms with van der Waals surface area (Å²) in [5.74, 6) is 0.896. The summed E-state index contributed by atoms with van der Waals surface area (Å²) in [5.41, 5.74) is 6.24. The maximum Gasteiger partial charge on any atom is 0.278 e. The Hall–Kier alpha value is -2.83. The van der Waals surface area contributed by atoms with Crippen LogP contribution < -0.4 is 20.5 Å². The molecule has 0 saturated heterocycles. The summed E-state index contributed by atoms with van der Waals surface area (Å²) in [5, 5.41) is 2.67. The zero-order valence-corrected chi connectivity index (χ0v) is 9.79. The number of anilines is 2. The molecule has 2 heterocycles. The molecule has 0 radical (unpaired) electrons. The van der Waals surface area contributed by atoms with Crippen molar-refractivity contribution in [2.75, 3.05) is 17.8 Å². The molecule has 96 valence electrons. The molecule has 0 spiro atoms. The number of nitrogen functional groups attached to an aromatic ring is 1. The molecule has 0 unspecified atom stereocenters. The highest BCUT2D eigenvalue weighted by Crippen LogP contribution is 2.34. The summed E-state index contributed by atoms with van der Waals surface area (Å²) >= 11 is 0. The second-order valence-electron chi connectivity index (χ2n) is 3.81. The second-order valence-corrected chi connectivity index (χ2v) is 3.81. The minimum Gasteiger partial charge on any atom is -0.454 e. The zero-order chi connectivity index (χ0) is 13.2. The number of nitrogens with two attached hydrogens (primary N) is 1. The Morgan fingerprint density at radius 3 is 2.84 bits per heavy atom. The Morgan fingerprint density at radius 2 is 2.00 bits per heavy atom. The molecule has 1 aromatic carbocycles. The first-order valence-electron chi connectivity index (χ1n) is 5.51. The molecule has 3 N–H and O–H groups in total. The van der Waals surface area contributed by atoms with E-state index in [9.17, 15) is 4.79 Å². The summed E-state index contributed by atoms with van der Waals surface area (Å²) in [6, 6.07) is 5.10. The molecule has 0 saturated carbocycles. The number of nitrogens with zero attached hydrogens (tertiary/aromatic N) is 2. The van der Waals surface area contributed by atoms with Crippen LogP contribution in [0.4, 0.5) is 11.5 Å². The highest BCUT2D eigenvalue weighted by Gasteiger charge is 2.16. The van der Waals surface area contributed by atoms with E-state index in [-0.39, 0.29) is 18.3 Å². The van der Waals surface area contributed by atoms with E-state index < -0.39 is 5.91 Å². The predicted octanol–water partition coefficient (Wildman–Crippen LogP) is 1.04. The molecule has 1 aromatic heterocycles. The molecule has 0 fully saturated rings. The lowest BCUT2D eigenvalue weighted by Gasteiger charge is -2.06. The molecule has 3 rings (SSSR count). The first-order valence-corrected chi connectivity index (χ1v) is 5.51. The molecule has 7 nitrogen and oxygen atoms in total. The molecule has 19 heavy (non-hydrogen) atoms. The van der Waals surface area contributed by atoms with Crippen LogP contribution in [0.3, 0.4) is 0 Å². The third-order valence-corrected chi connectivity index (χ3v) is 2.57. The Labute approximate surface area is 108 Å². The number of nitrogens with one attached hydrogen (secondary N) is 1. The van der Waals surface area contributed by atoms with E-state index >= 15 is 0 Å². The summed E-state index contributed by atoms with van der Waals surface area (Å²) in [4.78, 5) is 19.7. The minimum atomic E-state index is -0.426. The van der Waals surface area contributed by atoms with Crippen LogP contribution in [-0.4, -0.2) is 22.7 Å². The highest BCUT2D eigenvalue weighted by molar-refractivity contribution is 6.05. The van der Waals surface area contributed by atoms with Gasteiger partial charge in [-0.3, -0.25) is 4.79 Å². The zero-order valence-electron chi connectivity index (χ0n) is 9.79. The molecule has 0 aliphatic carbocycles. The van der Waals surface area contributed by atoms with E-state index in [4.69, 9.17) is 15.2 Å². The number of aromatic nitrogens is 2. The quantitative estimate of drug-likeness (QED) is 0.834. The largest absolute Gasteiger partial charge is 0.454 e. The molecular formula is C12H10N4O3. The van der Waals surface area contributed by atoms with Crippen LogP contribution >= 0.6 is 0 Å². The van der Waals surface area contributed by atoms with Crippen molar-refractivity contribution in [3.63, 3.8) is 0 Å². The van der Waals surface area contributed by atoms with Crippen molar-refractivity contribution in [2.24, 2.45) is 0 Å². The van der Waals surface area contributed by atoms with Gasteiger partial charge in [0.1, 0.15) is 0 Å². The van der Waals surface area contributed by atoms with Gasteiger partial charge in [-0.15, -0.1) is 0 Å². The number of ether oxygens (including phenoxy) is 2. The van der Waals surface area contributed by atoms with Crippen molar-refractivity contribution in [3.8, 4) is 11.5 Å². The first kappa shape index (κ1) is 11.3. The van der Waals surface area contributed by atoms with Crippen molar-refractivity contribution in [1.29, 1.82) is 0 Å². The molecule has 1 aliphatic rings. The van der Waals surface area contributed by atoms with Gasteiger partial charge < -0.3 is 20.5 Å². The Balaban J connectivity index is 1.82. The van der Waals surface area contributed by atoms with Gasteiger partial charge in [0, 0.05) is 24.1 Å². The summed E-state index contributed by atoms with van der Waals surface area (Å²) in [6.45, 7) is 0.184. The molecule has 1 aliphatic heterocycles. The van der Waals surface area contributed by atoms with Crippen LogP contribution in [0, 0.1) is 0 Å². The Bertz CT molecular complexity index is 645. The van der Waals surface area contributed by atoms with Crippen LogP contribution in [0.5, 0.6) is 11.5 Å². The van der Waals surface area contributed by atoms with Gasteiger partial charge >= 0.3 is 0 Å². The van der Waals surface area contributed by atoms with E-state index in [0.717, 1.165) is 0 Å². The van der Waals surface area contributed by atoms with Gasteiger partial charge in [0.05, 0.1) is 0 Å². The molecular weight excluding hydrogens is 248 g/mol. The van der Waals surface area contributed by atoms with Crippen LogP contribution in [0.25, 0.3) is 0 Å². The third-order valence-electron chi connectivity index (χ3n) is 2.57. The van der Waals surface area contributed by atoms with Gasteiger partial charge in [0.25, 0.3) is 5.91 Å². The standard InChI is InChI=1S/C12H10N4O3/c13-11-10(14-3-4-15-11)12(17)16-7-1-2-8-9(5-7)19-6-18-8/h1-5H,6H2,(H2,13,15)(H,16,17). The molecule has 0 bridgehead atoms. The fourth-order valence-electron chi connectivity index (χ4n) is 1.69. The molecule has 1 amide bonds. The maximum atomic E-state index is 12.0. The number of benzene rings is 1. The van der Waals surface area contributed by atoms with Gasteiger partial charge in [0.2, 0.25) is 6.79 Å². The highest BCUT2D eigenvalue weighted by atomic mass is 16.7. The van der Waals surface area contributed by atoms with Gasteiger partial charge in [-0.05, 0) is 12.1 Å². The fourth-order valence-corrected chi connectivity index (χ4v) is 1.69. The van der Waals surface area contributed by atoms with E-state index in [1.807, 2.05) is 0 Å². The third kappa shape index (κ3) is 2.13. The first-order chi connectivity index (χ1) is 9.24. The maximum absolute atomic E-state index is 12.0. The SMILES string of the molecule is Nc1nccnc1C(=O)Nc1ccc2c(c1)OCO2. The minimum absolute atomic E-state index is 0.0835. The lowest BCUT2D eigenvalue weighted by atomic mass is 10.2. The molecule has 2 aromatic rings. The van der Waals surface area contributed by atoms with Gasteiger partial charge in [-0.25, -0.2) is 9.97 Å². The monoisotopic (exact) mass is 258 g/mol. The van der Waals surface area contributed by atoms with Crippen molar-refractivity contribution in [3.05, 3.63) is 36.3 Å². The lowest BCUT2D eigenvalue weighted by Crippen LogP contribution is -2.16. The average molecular weight is 258 g/mol. The number of carbonyl (C=O) groups excluding carboxylic acids is 1. The number of rotatable bonds is 2. The van der Waals surface area contributed by atoms with E-state index in [2.05, 4.69) is 15.3 Å². The van der Waals surface area contributed by atoms with Crippen molar-refractivity contribution >= 4 is 17.4 Å². The summed E-state index contributed by atoms with van der Waals surface area (Å²) in [7, 11) is 0. The Morgan fingerprint density at radius 1 is 1.21 bits per heavy atom. The number of fused-ring (bicyclic) bond motifs is 1. The smallest absolute Gasteiger partial charge is 0.278 e. The van der Waals surface area contributed by atoms with Crippen molar-refractivity contribution in [1.82, 2.24) is 9.97 Å². The second kappa shape index (κ2) is 4.45. The summed E-state index contributed by atoms with van der Waals surface area (Å²) in [6.07, 6.45) is 2.83. The van der Waals surface area contributed by atoms with Crippen LogP contribution in [-0.2, 0) is 0 Å². The van der Waals surface area contributed by atoms with E-state index in [1.54, 1.807) is 18.2 Å². The Kier molecular flexibility index (Phi) is 2.64. The fraction of sp³-hybridized carbons (Fsp3) is 0.0833. The van der Waals surface area contributed by atoms with Crippen molar-refractivity contribution < 1.29 is 14.3 Å².